The molecule has 6 nitrogen and oxygen atoms in total. The van der Waals surface area contributed by atoms with Gasteiger partial charge in [0.15, 0.2) is 0 Å². The summed E-state index contributed by atoms with van der Waals surface area (Å²) in [5.41, 5.74) is 3.57. The van der Waals surface area contributed by atoms with E-state index >= 15 is 0 Å². The second-order valence-corrected chi connectivity index (χ2v) is 14.1. The summed E-state index contributed by atoms with van der Waals surface area (Å²) < 4.78 is 70.4. The van der Waals surface area contributed by atoms with Crippen molar-refractivity contribution >= 4 is 79.5 Å². The Morgan fingerprint density at radius 2 is 0.778 bits per heavy atom. The normalized spacial score (nSPS) is 11.7. The zero-order chi connectivity index (χ0) is 32.3. The van der Waals surface area contributed by atoms with Crippen LogP contribution in [0.4, 0.5) is 0 Å². The van der Waals surface area contributed by atoms with Crippen molar-refractivity contribution in [1.29, 1.82) is 0 Å². The minimum Gasteiger partial charge on any atom is -0.744 e. The molecule has 0 bridgehead atoms. The number of rotatable bonds is 14. The minimum atomic E-state index is -4.45. The smallest absolute Gasteiger partial charge is 0.744 e. The molecule has 0 aliphatic carbocycles. The molecule has 0 saturated carbocycles. The summed E-state index contributed by atoms with van der Waals surface area (Å²) >= 11 is 0. The minimum absolute atomic E-state index is 0. The average Bonchev–Trinajstić information content (AvgIpc) is 2.99. The monoisotopic (exact) mass is 678 g/mol. The van der Waals surface area contributed by atoms with Crippen molar-refractivity contribution in [2.75, 3.05) is 0 Å². The van der Waals surface area contributed by atoms with Crippen LogP contribution in [0.2, 0.25) is 0 Å². The fourth-order valence-corrected chi connectivity index (χ4v) is 7.45. The largest absolute Gasteiger partial charge is 2.00 e. The zero-order valence-corrected chi connectivity index (χ0v) is 31.1. The van der Waals surface area contributed by atoms with Crippen molar-refractivity contribution in [3.63, 3.8) is 0 Å². The van der Waals surface area contributed by atoms with Gasteiger partial charge in [0.05, 0.1) is 9.79 Å². The van der Waals surface area contributed by atoms with E-state index in [0.717, 1.165) is 108 Å². The van der Waals surface area contributed by atoms with Crippen molar-refractivity contribution < 1.29 is 25.9 Å². The average molecular weight is 679 g/mol. The first-order valence-electron chi connectivity index (χ1n) is 16.0. The SMILES string of the molecule is CCCCc1c(S(=O)(=O)[O-])cc2ccccc2c1CCCC.CCCCc1c(S(=O)(=O)[O-])cc2ccccc2c1CCCC.[Ca+2]. The standard InChI is InChI=1S/2C18H24O3S.Ca/c2*1-3-5-10-16-15-12-8-7-9-14(15)13-18(22(19,20)21)17(16)11-6-4-2;/h2*7-9,12-13H,3-6,10-11H2,1-2H3,(H,19,20,21);/q;;+2/p-2. The molecule has 0 aromatic heterocycles. The fraction of sp³-hybridized carbons (Fsp3) is 0.444. The molecule has 4 aromatic carbocycles. The second kappa shape index (κ2) is 18.7. The van der Waals surface area contributed by atoms with Crippen molar-refractivity contribution in [1.82, 2.24) is 0 Å². The maximum absolute atomic E-state index is 11.7. The molecule has 45 heavy (non-hydrogen) atoms. The molecule has 0 amide bonds. The van der Waals surface area contributed by atoms with Crippen LogP contribution >= 0.6 is 0 Å². The Morgan fingerprint density at radius 1 is 0.489 bits per heavy atom. The summed E-state index contributed by atoms with van der Waals surface area (Å²) in [6.07, 6.45) is 10.7. The number of unbranched alkanes of at least 4 members (excludes halogenated alkanes) is 4. The molecule has 0 saturated heterocycles. The van der Waals surface area contributed by atoms with Crippen LogP contribution in [0.1, 0.15) is 101 Å². The topological polar surface area (TPSA) is 114 Å². The van der Waals surface area contributed by atoms with Gasteiger partial charge in [-0.15, -0.1) is 0 Å². The Hall–Kier alpha value is -1.52. The number of fused-ring (bicyclic) bond motifs is 2. The molecule has 0 heterocycles. The molecule has 0 aliphatic rings. The first-order chi connectivity index (χ1) is 21.0. The van der Waals surface area contributed by atoms with E-state index in [2.05, 4.69) is 27.7 Å². The van der Waals surface area contributed by atoms with E-state index in [4.69, 9.17) is 0 Å². The molecular formula is C36H46CaO6S2. The van der Waals surface area contributed by atoms with Gasteiger partial charge in [0.25, 0.3) is 0 Å². The first-order valence-corrected chi connectivity index (χ1v) is 18.8. The third kappa shape index (κ3) is 10.7. The molecule has 9 heteroatoms. The summed E-state index contributed by atoms with van der Waals surface area (Å²) in [5.74, 6) is 0. The van der Waals surface area contributed by atoms with E-state index in [1.165, 1.54) is 0 Å². The molecule has 240 valence electrons. The zero-order valence-electron chi connectivity index (χ0n) is 27.2. The molecule has 0 atom stereocenters. The van der Waals surface area contributed by atoms with E-state index in [1.54, 1.807) is 12.1 Å². The molecule has 0 N–H and O–H groups in total. The van der Waals surface area contributed by atoms with Crippen LogP contribution < -0.4 is 0 Å². The van der Waals surface area contributed by atoms with Gasteiger partial charge in [-0.25, -0.2) is 16.8 Å². The Bertz CT molecular complexity index is 1630. The molecule has 0 aliphatic heterocycles. The summed E-state index contributed by atoms with van der Waals surface area (Å²) in [7, 11) is -8.91. The van der Waals surface area contributed by atoms with Gasteiger partial charge in [0, 0.05) is 0 Å². The van der Waals surface area contributed by atoms with Crippen LogP contribution in [-0.4, -0.2) is 63.7 Å². The maximum atomic E-state index is 11.7. The van der Waals surface area contributed by atoms with E-state index in [0.29, 0.717) is 12.8 Å². The molecule has 0 unspecified atom stereocenters. The van der Waals surface area contributed by atoms with Crippen molar-refractivity contribution in [3.8, 4) is 0 Å². The maximum Gasteiger partial charge on any atom is 2.00 e. The number of hydrogen-bond donors (Lipinski definition) is 0. The predicted octanol–water partition coefficient (Wildman–Crippen LogP) is 8.48. The quantitative estimate of drug-likeness (QED) is 0.0976. The molecule has 4 aromatic rings. The molecule has 4 rings (SSSR count). The van der Waals surface area contributed by atoms with Gasteiger partial charge >= 0.3 is 37.7 Å². The van der Waals surface area contributed by atoms with E-state index in [9.17, 15) is 25.9 Å². The van der Waals surface area contributed by atoms with Crippen LogP contribution in [-0.2, 0) is 45.9 Å². The van der Waals surface area contributed by atoms with Crippen molar-refractivity contribution in [3.05, 3.63) is 82.9 Å². The molecular weight excluding hydrogens is 633 g/mol. The summed E-state index contributed by atoms with van der Waals surface area (Å²) in [4.78, 5) is -0.0449. The number of benzene rings is 4. The van der Waals surface area contributed by atoms with Crippen molar-refractivity contribution in [2.24, 2.45) is 0 Å². The summed E-state index contributed by atoms with van der Waals surface area (Å²) in [6.45, 7) is 8.36. The van der Waals surface area contributed by atoms with Gasteiger partial charge < -0.3 is 9.11 Å². The fourth-order valence-electron chi connectivity index (χ4n) is 5.85. The Balaban J connectivity index is 0.000000307. The van der Waals surface area contributed by atoms with Crippen molar-refractivity contribution in [2.45, 2.75) is 115 Å². The number of hydrogen-bond acceptors (Lipinski definition) is 6. The Labute approximate surface area is 300 Å². The summed E-state index contributed by atoms with van der Waals surface area (Å²) in [5, 5.41) is 3.83. The van der Waals surface area contributed by atoms with Crippen LogP contribution in [0.3, 0.4) is 0 Å². The van der Waals surface area contributed by atoms with Gasteiger partial charge in [-0.2, -0.15) is 0 Å². The first kappa shape index (κ1) is 39.7. The summed E-state index contributed by atoms with van der Waals surface area (Å²) in [6, 6.07) is 18.6. The Morgan fingerprint density at radius 3 is 1.07 bits per heavy atom. The molecule has 0 spiro atoms. The molecule has 0 radical (unpaired) electrons. The van der Waals surface area contributed by atoms with Gasteiger partial charge in [0.2, 0.25) is 0 Å². The van der Waals surface area contributed by atoms with E-state index in [1.807, 2.05) is 48.5 Å². The van der Waals surface area contributed by atoms with Gasteiger partial charge in [-0.3, -0.25) is 0 Å². The van der Waals surface area contributed by atoms with E-state index < -0.39 is 20.2 Å². The van der Waals surface area contributed by atoms with Gasteiger partial charge in [-0.05, 0) is 107 Å². The van der Waals surface area contributed by atoms with E-state index in [-0.39, 0.29) is 47.5 Å². The van der Waals surface area contributed by atoms with Gasteiger partial charge in [-0.1, -0.05) is 102 Å². The van der Waals surface area contributed by atoms with Crippen LogP contribution in [0, 0.1) is 0 Å². The van der Waals surface area contributed by atoms with Crippen LogP contribution in [0.5, 0.6) is 0 Å². The predicted molar refractivity (Wildman–Crippen MR) is 184 cm³/mol. The van der Waals surface area contributed by atoms with Gasteiger partial charge in [0.1, 0.15) is 20.2 Å². The number of aryl methyl sites for hydroxylation is 2. The van der Waals surface area contributed by atoms with Crippen LogP contribution in [0.15, 0.2) is 70.5 Å². The third-order valence-electron chi connectivity index (χ3n) is 8.13. The third-order valence-corrected chi connectivity index (χ3v) is 9.93. The Kier molecular flexibility index (Phi) is 16.5. The second-order valence-electron chi connectivity index (χ2n) is 11.4. The molecule has 0 fully saturated rings. The van der Waals surface area contributed by atoms with Crippen LogP contribution in [0.25, 0.3) is 21.5 Å².